The lowest BCUT2D eigenvalue weighted by molar-refractivity contribution is -0.140. The number of fused-ring (bicyclic) bond motifs is 3. The van der Waals surface area contributed by atoms with Crippen molar-refractivity contribution in [1.29, 1.82) is 0 Å². The quantitative estimate of drug-likeness (QED) is 0.231. The fourth-order valence-corrected chi connectivity index (χ4v) is 6.54. The first-order chi connectivity index (χ1) is 20.8. The minimum atomic E-state index is -1.05. The van der Waals surface area contributed by atoms with Gasteiger partial charge in [-0.3, -0.25) is 0 Å². The average Bonchev–Trinajstić information content (AvgIpc) is 3.01. The summed E-state index contributed by atoms with van der Waals surface area (Å²) < 4.78 is 12.1. The molecular formula is C37H33NO5. The molecule has 0 spiro atoms. The molecule has 1 aliphatic heterocycles. The third kappa shape index (κ3) is 4.69. The first kappa shape index (κ1) is 28.0. The Bertz CT molecular complexity index is 1850. The van der Waals surface area contributed by atoms with Gasteiger partial charge in [0.15, 0.2) is 0 Å². The van der Waals surface area contributed by atoms with Crippen molar-refractivity contribution in [2.45, 2.75) is 33.3 Å². The van der Waals surface area contributed by atoms with Gasteiger partial charge in [-0.2, -0.15) is 0 Å². The fraction of sp³-hybridized carbons (Fsp3) is 0.189. The highest BCUT2D eigenvalue weighted by molar-refractivity contribution is 6.23. The summed E-state index contributed by atoms with van der Waals surface area (Å²) in [5, 5.41) is 12.9. The third-order valence-corrected chi connectivity index (χ3v) is 8.34. The van der Waals surface area contributed by atoms with E-state index in [2.05, 4.69) is 0 Å². The molecule has 43 heavy (non-hydrogen) atoms. The molecule has 6 heteroatoms. The van der Waals surface area contributed by atoms with Crippen LogP contribution in [-0.4, -0.2) is 30.7 Å². The van der Waals surface area contributed by atoms with Gasteiger partial charge in [-0.25, -0.2) is 9.59 Å². The number of esters is 1. The number of carbonyl (C=O) groups excluding carboxylic acids is 1. The zero-order chi connectivity index (χ0) is 30.2. The Morgan fingerprint density at radius 2 is 1.53 bits per heavy atom. The molecule has 1 heterocycles. The summed E-state index contributed by atoms with van der Waals surface area (Å²) in [6.07, 6.45) is 0. The van der Waals surface area contributed by atoms with Gasteiger partial charge < -0.3 is 19.5 Å². The maximum absolute atomic E-state index is 14.1. The monoisotopic (exact) mass is 571 g/mol. The predicted molar refractivity (Wildman–Crippen MR) is 168 cm³/mol. The minimum Gasteiger partial charge on any atom is -0.493 e. The first-order valence-electron chi connectivity index (χ1n) is 14.4. The van der Waals surface area contributed by atoms with E-state index in [1.807, 2.05) is 124 Å². The molecule has 0 radical (unpaired) electrons. The van der Waals surface area contributed by atoms with E-state index in [0.717, 1.165) is 38.7 Å². The molecule has 1 atom stereocenters. The molecule has 4 aromatic rings. The molecular weight excluding hydrogens is 538 g/mol. The van der Waals surface area contributed by atoms with Crippen molar-refractivity contribution in [3.05, 3.63) is 141 Å². The van der Waals surface area contributed by atoms with Gasteiger partial charge in [0.05, 0.1) is 23.6 Å². The number of hydrogen-bond acceptors (Lipinski definition) is 5. The van der Waals surface area contributed by atoms with E-state index in [1.165, 1.54) is 0 Å². The first-order valence-corrected chi connectivity index (χ1v) is 14.4. The summed E-state index contributed by atoms with van der Waals surface area (Å²) in [6.45, 7) is 6.19. The predicted octanol–water partition coefficient (Wildman–Crippen LogP) is 7.54. The fourth-order valence-electron chi connectivity index (χ4n) is 6.54. The highest BCUT2D eigenvalue weighted by Gasteiger charge is 2.45. The Labute approximate surface area is 251 Å². The normalized spacial score (nSPS) is 16.3. The molecule has 0 saturated heterocycles. The molecule has 6 nitrogen and oxygen atoms in total. The molecule has 216 valence electrons. The zero-order valence-electron chi connectivity index (χ0n) is 24.7. The molecule has 0 bridgehead atoms. The molecule has 0 aromatic heterocycles. The lowest BCUT2D eigenvalue weighted by Gasteiger charge is -2.42. The van der Waals surface area contributed by atoms with Gasteiger partial charge in [0, 0.05) is 24.1 Å². The summed E-state index contributed by atoms with van der Waals surface area (Å²) in [5.41, 5.74) is 6.26. The topological polar surface area (TPSA) is 76.1 Å². The summed E-state index contributed by atoms with van der Waals surface area (Å²) in [5.74, 6) is -1.66. The van der Waals surface area contributed by atoms with Crippen molar-refractivity contribution in [3.8, 4) is 0 Å². The van der Waals surface area contributed by atoms with Crippen LogP contribution in [0, 0.1) is 6.92 Å². The molecule has 6 rings (SSSR count). The summed E-state index contributed by atoms with van der Waals surface area (Å²) in [6, 6.07) is 29.2. The molecule has 1 unspecified atom stereocenters. The second-order valence-corrected chi connectivity index (χ2v) is 10.8. The lowest BCUT2D eigenvalue weighted by Crippen LogP contribution is -2.35. The number of nitrogens with zero attached hydrogens (tertiary/aromatic N) is 1. The number of rotatable bonds is 7. The lowest BCUT2D eigenvalue weighted by atomic mass is 9.72. The van der Waals surface area contributed by atoms with Gasteiger partial charge in [-0.15, -0.1) is 0 Å². The number of carboxylic acid groups (broad SMARTS) is 1. The van der Waals surface area contributed by atoms with Crippen LogP contribution in [0.3, 0.4) is 0 Å². The van der Waals surface area contributed by atoms with Gasteiger partial charge in [-0.1, -0.05) is 84.9 Å². The maximum Gasteiger partial charge on any atom is 0.344 e. The maximum atomic E-state index is 14.1. The molecule has 1 N–H and O–H groups in total. The number of hydrogen-bond donors (Lipinski definition) is 1. The number of ether oxygens (including phenoxy) is 2. The number of carboxylic acids is 1. The highest BCUT2D eigenvalue weighted by atomic mass is 16.5. The van der Waals surface area contributed by atoms with Crippen LogP contribution in [0.4, 0.5) is 5.69 Å². The van der Waals surface area contributed by atoms with E-state index in [9.17, 15) is 14.7 Å². The summed E-state index contributed by atoms with van der Waals surface area (Å²) in [4.78, 5) is 29.4. The highest BCUT2D eigenvalue weighted by Crippen LogP contribution is 2.54. The SMILES string of the molecule is CCOC1=C(C)C(c2ccccc2)C2=C(C(=O)O)c3cc4ccccc4c(C)c3N(C)C2=C1C(=O)OCc1ccccc1. The van der Waals surface area contributed by atoms with Gasteiger partial charge >= 0.3 is 11.9 Å². The Morgan fingerprint density at radius 3 is 2.21 bits per heavy atom. The van der Waals surface area contributed by atoms with Crippen LogP contribution in [0.15, 0.2) is 119 Å². The number of likely N-dealkylation sites (N-methyl/N-ethyl adjacent to an activating group) is 1. The Kier molecular flexibility index (Phi) is 7.36. The van der Waals surface area contributed by atoms with Crippen molar-refractivity contribution in [3.63, 3.8) is 0 Å². The Hall–Kier alpha value is -5.10. The molecule has 0 fully saturated rings. The summed E-state index contributed by atoms with van der Waals surface area (Å²) in [7, 11) is 1.89. The zero-order valence-corrected chi connectivity index (χ0v) is 24.7. The van der Waals surface area contributed by atoms with Crippen molar-refractivity contribution in [2.75, 3.05) is 18.6 Å². The second kappa shape index (κ2) is 11.3. The number of allylic oxidation sites excluding steroid dienone is 2. The average molecular weight is 572 g/mol. The summed E-state index contributed by atoms with van der Waals surface area (Å²) >= 11 is 0. The standard InChI is InChI=1S/C37H33NO5/c1-5-42-35-23(3)29(25-16-10-7-11-17-25)31-30(36(39)40)28-20-26-18-12-13-19-27(26)22(2)33(28)38(4)34(31)32(35)37(41)43-21-24-14-8-6-9-15-24/h6-20,29H,5,21H2,1-4H3,(H,39,40). The van der Waals surface area contributed by atoms with Crippen LogP contribution in [0.2, 0.25) is 0 Å². The van der Waals surface area contributed by atoms with Crippen molar-refractivity contribution in [2.24, 2.45) is 0 Å². The van der Waals surface area contributed by atoms with Crippen LogP contribution >= 0.6 is 0 Å². The van der Waals surface area contributed by atoms with Crippen LogP contribution in [-0.2, 0) is 25.7 Å². The third-order valence-electron chi connectivity index (χ3n) is 8.34. The van der Waals surface area contributed by atoms with Gasteiger partial charge in [0.25, 0.3) is 0 Å². The van der Waals surface area contributed by atoms with Gasteiger partial charge in [0.2, 0.25) is 0 Å². The van der Waals surface area contributed by atoms with E-state index in [4.69, 9.17) is 9.47 Å². The molecule has 4 aromatic carbocycles. The van der Waals surface area contributed by atoms with Crippen LogP contribution in [0.5, 0.6) is 0 Å². The Balaban J connectivity index is 1.69. The molecule has 0 saturated carbocycles. The van der Waals surface area contributed by atoms with Crippen molar-refractivity contribution < 1.29 is 24.2 Å². The van der Waals surface area contributed by atoms with E-state index >= 15 is 0 Å². The minimum absolute atomic E-state index is 0.0752. The van der Waals surface area contributed by atoms with Gasteiger partial charge in [-0.05, 0) is 59.9 Å². The smallest absolute Gasteiger partial charge is 0.344 e. The van der Waals surface area contributed by atoms with E-state index in [0.29, 0.717) is 29.2 Å². The second-order valence-electron chi connectivity index (χ2n) is 10.8. The molecule has 0 amide bonds. The van der Waals surface area contributed by atoms with Gasteiger partial charge in [0.1, 0.15) is 17.9 Å². The number of anilines is 1. The molecule has 2 aliphatic rings. The van der Waals surface area contributed by atoms with Crippen LogP contribution in [0.25, 0.3) is 16.3 Å². The number of aliphatic carboxylic acids is 1. The largest absolute Gasteiger partial charge is 0.493 e. The van der Waals surface area contributed by atoms with Crippen LogP contribution in [0.1, 0.15) is 42.0 Å². The van der Waals surface area contributed by atoms with E-state index < -0.39 is 17.9 Å². The van der Waals surface area contributed by atoms with Crippen LogP contribution < -0.4 is 4.90 Å². The van der Waals surface area contributed by atoms with Crippen molar-refractivity contribution in [1.82, 2.24) is 0 Å². The molecule has 1 aliphatic carbocycles. The van der Waals surface area contributed by atoms with E-state index in [-0.39, 0.29) is 17.8 Å². The van der Waals surface area contributed by atoms with E-state index in [1.54, 1.807) is 0 Å². The van der Waals surface area contributed by atoms with Crippen molar-refractivity contribution >= 4 is 34.0 Å². The number of aryl methyl sites for hydroxylation is 1. The number of carbonyl (C=O) groups is 2. The number of benzene rings is 4. The Morgan fingerprint density at radius 1 is 0.884 bits per heavy atom.